The van der Waals surface area contributed by atoms with E-state index < -0.39 is 10.1 Å². The van der Waals surface area contributed by atoms with Gasteiger partial charge < -0.3 is 15.1 Å². The van der Waals surface area contributed by atoms with Gasteiger partial charge >= 0.3 is 0 Å². The molecule has 0 spiro atoms. The van der Waals surface area contributed by atoms with E-state index in [0.717, 1.165) is 38.5 Å². The fraction of sp³-hybridized carbons (Fsp3) is 0.967. The van der Waals surface area contributed by atoms with E-state index in [1.54, 1.807) is 0 Å². The third-order valence-electron chi connectivity index (χ3n) is 12.7. The van der Waals surface area contributed by atoms with E-state index in [4.69, 9.17) is 4.55 Å². The standard InChI is InChI=1S/C30H52N2O6S/c1-20(4-9-28(35)32-14-12-31(13-15-32)16-17-39(36,37)38)24-7-8-25-23-6-5-21-18-22(33)10-11-29(21,2)26(23)19-27(34)30(24,25)3/h20-27,33-34H,4-19H2,1-3H3,(H,36,37,38). The van der Waals surface area contributed by atoms with Gasteiger partial charge in [-0.05, 0) is 104 Å². The molecule has 0 aromatic rings. The minimum absolute atomic E-state index is 0.0837. The maximum absolute atomic E-state index is 13.1. The number of rotatable bonds is 7. The van der Waals surface area contributed by atoms with Crippen LogP contribution in [0.4, 0.5) is 0 Å². The van der Waals surface area contributed by atoms with Crippen molar-refractivity contribution in [1.29, 1.82) is 0 Å². The number of fused-ring (bicyclic) bond motifs is 5. The second-order valence-corrected chi connectivity index (χ2v) is 16.0. The Morgan fingerprint density at radius 3 is 2.38 bits per heavy atom. The molecule has 39 heavy (non-hydrogen) atoms. The summed E-state index contributed by atoms with van der Waals surface area (Å²) >= 11 is 0. The summed E-state index contributed by atoms with van der Waals surface area (Å²) in [6.45, 7) is 9.87. The maximum Gasteiger partial charge on any atom is 0.266 e. The van der Waals surface area contributed by atoms with Crippen LogP contribution in [0.2, 0.25) is 0 Å². The molecule has 10 unspecified atom stereocenters. The lowest BCUT2D eigenvalue weighted by atomic mass is 9.43. The number of carbonyl (C=O) groups excluding carboxylic acids is 1. The molecule has 1 amide bonds. The molecular formula is C30H52N2O6S. The molecule has 1 saturated heterocycles. The van der Waals surface area contributed by atoms with Crippen LogP contribution in [0.15, 0.2) is 0 Å². The normalized spacial score (nSPS) is 43.8. The molecule has 4 aliphatic carbocycles. The third kappa shape index (κ3) is 5.69. The van der Waals surface area contributed by atoms with Crippen molar-refractivity contribution >= 4 is 16.0 Å². The number of hydrogen-bond donors (Lipinski definition) is 3. The molecule has 10 atom stereocenters. The molecule has 1 heterocycles. The summed E-state index contributed by atoms with van der Waals surface area (Å²) in [4.78, 5) is 16.9. The van der Waals surface area contributed by atoms with Crippen molar-refractivity contribution in [2.75, 3.05) is 38.5 Å². The summed E-state index contributed by atoms with van der Waals surface area (Å²) in [5.41, 5.74) is 0.163. The fourth-order valence-electron chi connectivity index (χ4n) is 10.3. The van der Waals surface area contributed by atoms with Crippen molar-refractivity contribution in [3.63, 3.8) is 0 Å². The van der Waals surface area contributed by atoms with Crippen LogP contribution in [0.25, 0.3) is 0 Å². The summed E-state index contributed by atoms with van der Waals surface area (Å²) in [5.74, 6) is 3.09. The van der Waals surface area contributed by atoms with Crippen LogP contribution < -0.4 is 0 Å². The van der Waals surface area contributed by atoms with Gasteiger partial charge in [0, 0.05) is 39.1 Å². The zero-order chi connectivity index (χ0) is 28.2. The number of piperazine rings is 1. The second kappa shape index (κ2) is 11.2. The van der Waals surface area contributed by atoms with Crippen molar-refractivity contribution in [2.24, 2.45) is 46.3 Å². The Labute approximate surface area is 235 Å². The van der Waals surface area contributed by atoms with E-state index in [0.29, 0.717) is 74.7 Å². The van der Waals surface area contributed by atoms with Crippen molar-refractivity contribution in [3.05, 3.63) is 0 Å². The van der Waals surface area contributed by atoms with Crippen LogP contribution in [0.5, 0.6) is 0 Å². The van der Waals surface area contributed by atoms with Gasteiger partial charge in [0.25, 0.3) is 10.1 Å². The van der Waals surface area contributed by atoms with E-state index in [9.17, 15) is 23.4 Å². The van der Waals surface area contributed by atoms with Crippen molar-refractivity contribution < 1.29 is 28.0 Å². The monoisotopic (exact) mass is 568 g/mol. The van der Waals surface area contributed by atoms with Crippen molar-refractivity contribution in [3.8, 4) is 0 Å². The predicted octanol–water partition coefficient (Wildman–Crippen LogP) is 3.43. The zero-order valence-electron chi connectivity index (χ0n) is 24.3. The van der Waals surface area contributed by atoms with Crippen LogP contribution in [0.1, 0.15) is 85.0 Å². The molecule has 5 rings (SSSR count). The quantitative estimate of drug-likeness (QED) is 0.403. The summed E-state index contributed by atoms with van der Waals surface area (Å²) in [6, 6.07) is 0. The van der Waals surface area contributed by atoms with Crippen LogP contribution in [-0.2, 0) is 14.9 Å². The molecular weight excluding hydrogens is 516 g/mol. The smallest absolute Gasteiger partial charge is 0.266 e. The molecule has 1 aliphatic heterocycles. The molecule has 0 radical (unpaired) electrons. The van der Waals surface area contributed by atoms with Gasteiger partial charge in [0.15, 0.2) is 0 Å². The van der Waals surface area contributed by atoms with Crippen LogP contribution in [0, 0.1) is 46.3 Å². The van der Waals surface area contributed by atoms with Gasteiger partial charge in [-0.15, -0.1) is 0 Å². The van der Waals surface area contributed by atoms with Crippen molar-refractivity contribution in [1.82, 2.24) is 9.80 Å². The molecule has 0 aromatic heterocycles. The number of aliphatic hydroxyl groups is 2. The third-order valence-corrected chi connectivity index (χ3v) is 13.4. The lowest BCUT2D eigenvalue weighted by molar-refractivity contribution is -0.175. The Morgan fingerprint density at radius 1 is 0.974 bits per heavy atom. The molecule has 5 fully saturated rings. The van der Waals surface area contributed by atoms with Gasteiger partial charge in [0.2, 0.25) is 5.91 Å². The Kier molecular flexibility index (Phi) is 8.51. The van der Waals surface area contributed by atoms with Gasteiger partial charge in [0.1, 0.15) is 0 Å². The van der Waals surface area contributed by atoms with E-state index in [2.05, 4.69) is 20.8 Å². The predicted molar refractivity (Wildman–Crippen MR) is 150 cm³/mol. The van der Waals surface area contributed by atoms with E-state index in [1.807, 2.05) is 9.80 Å². The Morgan fingerprint density at radius 2 is 1.69 bits per heavy atom. The summed E-state index contributed by atoms with van der Waals surface area (Å²) in [5, 5.41) is 22.1. The SMILES string of the molecule is CC(CCC(=O)N1CCN(CCS(=O)(=O)O)CC1)C1CCC2C3CCC4CC(O)CCC4(C)C3CC(O)C12C. The van der Waals surface area contributed by atoms with E-state index in [1.165, 1.54) is 19.3 Å². The van der Waals surface area contributed by atoms with E-state index in [-0.39, 0.29) is 34.7 Å². The first-order valence-corrected chi connectivity index (χ1v) is 17.2. The number of amides is 1. The lowest BCUT2D eigenvalue weighted by Gasteiger charge is -2.62. The molecule has 8 nitrogen and oxygen atoms in total. The minimum Gasteiger partial charge on any atom is -0.393 e. The Hall–Kier alpha value is -0.740. The summed E-state index contributed by atoms with van der Waals surface area (Å²) in [6.07, 6.45) is 9.52. The number of hydrogen-bond acceptors (Lipinski definition) is 6. The molecule has 9 heteroatoms. The van der Waals surface area contributed by atoms with Gasteiger partial charge in [-0.3, -0.25) is 14.2 Å². The first-order chi connectivity index (χ1) is 18.3. The van der Waals surface area contributed by atoms with Gasteiger partial charge in [-0.25, -0.2) is 0 Å². The van der Waals surface area contributed by atoms with Gasteiger partial charge in [-0.2, -0.15) is 8.42 Å². The van der Waals surface area contributed by atoms with Crippen LogP contribution >= 0.6 is 0 Å². The Bertz CT molecular complexity index is 999. The highest BCUT2D eigenvalue weighted by Gasteiger charge is 2.63. The average molecular weight is 569 g/mol. The average Bonchev–Trinajstić information content (AvgIpc) is 3.25. The number of carbonyl (C=O) groups is 1. The van der Waals surface area contributed by atoms with Crippen molar-refractivity contribution in [2.45, 2.75) is 97.2 Å². The number of nitrogens with zero attached hydrogens (tertiary/aromatic N) is 2. The van der Waals surface area contributed by atoms with E-state index >= 15 is 0 Å². The second-order valence-electron chi connectivity index (χ2n) is 14.4. The Balaban J connectivity index is 1.16. The number of aliphatic hydroxyl groups excluding tert-OH is 2. The zero-order valence-corrected chi connectivity index (χ0v) is 25.1. The maximum atomic E-state index is 13.1. The van der Waals surface area contributed by atoms with Gasteiger partial charge in [0.05, 0.1) is 18.0 Å². The first kappa shape index (κ1) is 29.7. The van der Waals surface area contributed by atoms with Gasteiger partial charge in [-0.1, -0.05) is 20.8 Å². The highest BCUT2D eigenvalue weighted by Crippen LogP contribution is 2.68. The minimum atomic E-state index is -3.96. The highest BCUT2D eigenvalue weighted by atomic mass is 32.2. The topological polar surface area (TPSA) is 118 Å². The first-order valence-electron chi connectivity index (χ1n) is 15.6. The summed E-state index contributed by atoms with van der Waals surface area (Å²) in [7, 11) is -3.96. The lowest BCUT2D eigenvalue weighted by Crippen LogP contribution is -2.58. The largest absolute Gasteiger partial charge is 0.393 e. The molecule has 4 saturated carbocycles. The molecule has 224 valence electrons. The molecule has 3 N–H and O–H groups in total. The molecule has 5 aliphatic rings. The highest BCUT2D eigenvalue weighted by molar-refractivity contribution is 7.85. The van der Waals surface area contributed by atoms with Crippen LogP contribution in [-0.4, -0.2) is 89.6 Å². The molecule has 0 bridgehead atoms. The fourth-order valence-corrected chi connectivity index (χ4v) is 10.8. The summed E-state index contributed by atoms with van der Waals surface area (Å²) < 4.78 is 31.0. The van der Waals surface area contributed by atoms with Crippen LogP contribution in [0.3, 0.4) is 0 Å². The molecule has 0 aromatic carbocycles.